The zero-order valence-electron chi connectivity index (χ0n) is 14.9. The summed E-state index contributed by atoms with van der Waals surface area (Å²) in [4.78, 5) is 16.8. The summed E-state index contributed by atoms with van der Waals surface area (Å²) < 4.78 is 10.7. The van der Waals surface area contributed by atoms with Gasteiger partial charge in [-0.05, 0) is 48.4 Å². The second-order valence-electron chi connectivity index (χ2n) is 6.13. The molecule has 3 aromatic rings. The van der Waals surface area contributed by atoms with Gasteiger partial charge in [-0.2, -0.15) is 0 Å². The number of carbonyl (C=O) groups is 1. The number of amides is 1. The van der Waals surface area contributed by atoms with Crippen LogP contribution >= 0.6 is 0 Å². The molecule has 0 unspecified atom stereocenters. The number of hydrogen-bond acceptors (Lipinski definition) is 5. The highest BCUT2D eigenvalue weighted by atomic mass is 16.7. The average molecular weight is 361 g/mol. The van der Waals surface area contributed by atoms with Gasteiger partial charge in [0.15, 0.2) is 11.5 Å². The van der Waals surface area contributed by atoms with Gasteiger partial charge in [0.05, 0.1) is 0 Å². The number of aryl methyl sites for hydroxylation is 1. The molecule has 2 N–H and O–H groups in total. The summed E-state index contributed by atoms with van der Waals surface area (Å²) in [6.07, 6.45) is 2.57. The maximum atomic E-state index is 12.5. The lowest BCUT2D eigenvalue weighted by Gasteiger charge is -2.09. The number of ether oxygens (including phenoxy) is 2. The van der Waals surface area contributed by atoms with E-state index < -0.39 is 0 Å². The molecule has 0 atom stereocenters. The highest BCUT2D eigenvalue weighted by molar-refractivity contribution is 6.04. The van der Waals surface area contributed by atoms with Crippen molar-refractivity contribution >= 4 is 23.1 Å². The molecule has 0 saturated carbocycles. The van der Waals surface area contributed by atoms with Crippen LogP contribution in [0.15, 0.2) is 60.8 Å². The molecule has 0 aliphatic carbocycles. The fourth-order valence-corrected chi connectivity index (χ4v) is 2.79. The first-order valence-electron chi connectivity index (χ1n) is 8.74. The van der Waals surface area contributed by atoms with Gasteiger partial charge in [0.1, 0.15) is 5.82 Å². The lowest BCUT2D eigenvalue weighted by atomic mass is 10.1. The van der Waals surface area contributed by atoms with Crippen molar-refractivity contribution in [3.63, 3.8) is 0 Å². The number of anilines is 3. The number of benzene rings is 2. The third-order valence-electron chi connectivity index (χ3n) is 4.29. The van der Waals surface area contributed by atoms with Crippen LogP contribution in [0.1, 0.15) is 22.8 Å². The molecule has 6 nitrogen and oxygen atoms in total. The van der Waals surface area contributed by atoms with E-state index >= 15 is 0 Å². The van der Waals surface area contributed by atoms with Crippen LogP contribution in [-0.2, 0) is 6.42 Å². The van der Waals surface area contributed by atoms with Crippen LogP contribution in [0.4, 0.5) is 17.2 Å². The normalized spacial score (nSPS) is 11.9. The van der Waals surface area contributed by atoms with E-state index in [0.29, 0.717) is 17.1 Å². The summed E-state index contributed by atoms with van der Waals surface area (Å²) in [6.45, 7) is 2.32. The van der Waals surface area contributed by atoms with E-state index in [2.05, 4.69) is 22.5 Å². The van der Waals surface area contributed by atoms with E-state index in [1.807, 2.05) is 42.5 Å². The predicted octanol–water partition coefficient (Wildman–Crippen LogP) is 4.37. The fraction of sp³-hybridized carbons (Fsp3) is 0.143. The maximum Gasteiger partial charge on any atom is 0.255 e. The number of carbonyl (C=O) groups excluding carboxylic acids is 1. The monoisotopic (exact) mass is 361 g/mol. The number of aromatic nitrogens is 1. The standard InChI is InChI=1S/C21H19N3O3/c1-2-14-3-5-16(6-4-14)24-21(25)15-9-10-22-20(11-15)23-17-7-8-18-19(12-17)27-13-26-18/h3-12H,2,13H2,1H3,(H,22,23)(H,24,25). The summed E-state index contributed by atoms with van der Waals surface area (Å²) in [7, 11) is 0. The van der Waals surface area contributed by atoms with Crippen LogP contribution in [0.25, 0.3) is 0 Å². The first kappa shape index (κ1) is 16.9. The highest BCUT2D eigenvalue weighted by Crippen LogP contribution is 2.34. The molecule has 4 rings (SSSR count). The smallest absolute Gasteiger partial charge is 0.255 e. The van der Waals surface area contributed by atoms with Gasteiger partial charge >= 0.3 is 0 Å². The van der Waals surface area contributed by atoms with Crippen molar-refractivity contribution in [3.8, 4) is 11.5 Å². The third kappa shape index (κ3) is 3.84. The van der Waals surface area contributed by atoms with Crippen LogP contribution in [0.5, 0.6) is 11.5 Å². The number of nitrogens with zero attached hydrogens (tertiary/aromatic N) is 1. The second-order valence-corrected chi connectivity index (χ2v) is 6.13. The molecular formula is C21H19N3O3. The Morgan fingerprint density at radius 1 is 1.00 bits per heavy atom. The minimum Gasteiger partial charge on any atom is -0.454 e. The average Bonchev–Trinajstić information content (AvgIpc) is 3.16. The molecule has 0 saturated heterocycles. The topological polar surface area (TPSA) is 72.5 Å². The van der Waals surface area contributed by atoms with Crippen LogP contribution < -0.4 is 20.1 Å². The summed E-state index contributed by atoms with van der Waals surface area (Å²) in [6, 6.07) is 16.8. The molecule has 1 aliphatic heterocycles. The molecule has 136 valence electrons. The first-order valence-corrected chi connectivity index (χ1v) is 8.74. The molecule has 1 amide bonds. The molecule has 0 spiro atoms. The molecule has 2 aromatic carbocycles. The van der Waals surface area contributed by atoms with Gasteiger partial charge in [-0.15, -0.1) is 0 Å². The van der Waals surface area contributed by atoms with Crippen LogP contribution in [0.2, 0.25) is 0 Å². The molecule has 0 radical (unpaired) electrons. The SMILES string of the molecule is CCc1ccc(NC(=O)c2ccnc(Nc3ccc4c(c3)OCO4)c2)cc1. The molecule has 1 aliphatic rings. The lowest BCUT2D eigenvalue weighted by molar-refractivity contribution is 0.102. The Hall–Kier alpha value is -3.54. The summed E-state index contributed by atoms with van der Waals surface area (Å²) in [5.74, 6) is 1.79. The van der Waals surface area contributed by atoms with E-state index in [-0.39, 0.29) is 12.7 Å². The van der Waals surface area contributed by atoms with Gasteiger partial charge in [0.2, 0.25) is 6.79 Å². The zero-order chi connectivity index (χ0) is 18.6. The fourth-order valence-electron chi connectivity index (χ4n) is 2.79. The van der Waals surface area contributed by atoms with Crippen molar-refractivity contribution in [2.75, 3.05) is 17.4 Å². The summed E-state index contributed by atoms with van der Waals surface area (Å²) >= 11 is 0. The maximum absolute atomic E-state index is 12.5. The summed E-state index contributed by atoms with van der Waals surface area (Å²) in [5, 5.41) is 6.08. The number of pyridine rings is 1. The van der Waals surface area contributed by atoms with Crippen molar-refractivity contribution in [1.29, 1.82) is 0 Å². The van der Waals surface area contributed by atoms with E-state index in [1.54, 1.807) is 18.3 Å². The number of fused-ring (bicyclic) bond motifs is 1. The Morgan fingerprint density at radius 3 is 2.59 bits per heavy atom. The van der Waals surface area contributed by atoms with Gasteiger partial charge in [-0.1, -0.05) is 19.1 Å². The molecule has 0 bridgehead atoms. The Balaban J connectivity index is 1.47. The van der Waals surface area contributed by atoms with Gasteiger partial charge in [-0.25, -0.2) is 4.98 Å². The van der Waals surface area contributed by atoms with E-state index in [9.17, 15) is 4.79 Å². The Morgan fingerprint density at radius 2 is 1.78 bits per heavy atom. The van der Waals surface area contributed by atoms with E-state index in [0.717, 1.165) is 23.5 Å². The van der Waals surface area contributed by atoms with Crippen molar-refractivity contribution in [2.45, 2.75) is 13.3 Å². The van der Waals surface area contributed by atoms with Crippen molar-refractivity contribution in [3.05, 3.63) is 71.9 Å². The first-order chi connectivity index (χ1) is 13.2. The van der Waals surface area contributed by atoms with Crippen LogP contribution in [0.3, 0.4) is 0 Å². The lowest BCUT2D eigenvalue weighted by Crippen LogP contribution is -2.12. The molecule has 6 heteroatoms. The minimum atomic E-state index is -0.185. The van der Waals surface area contributed by atoms with E-state index in [1.165, 1.54) is 5.56 Å². The number of hydrogen-bond donors (Lipinski definition) is 2. The second kappa shape index (κ2) is 7.37. The van der Waals surface area contributed by atoms with Gasteiger partial charge < -0.3 is 20.1 Å². The minimum absolute atomic E-state index is 0.185. The van der Waals surface area contributed by atoms with Crippen LogP contribution in [0, 0.1) is 0 Å². The quantitative estimate of drug-likeness (QED) is 0.706. The van der Waals surface area contributed by atoms with Gasteiger partial charge in [0.25, 0.3) is 5.91 Å². The molecule has 0 fully saturated rings. The molecular weight excluding hydrogens is 342 g/mol. The molecule has 1 aromatic heterocycles. The third-order valence-corrected chi connectivity index (χ3v) is 4.29. The van der Waals surface area contributed by atoms with Crippen LogP contribution in [-0.4, -0.2) is 17.7 Å². The highest BCUT2D eigenvalue weighted by Gasteiger charge is 2.14. The molecule has 2 heterocycles. The molecule has 27 heavy (non-hydrogen) atoms. The van der Waals surface area contributed by atoms with E-state index in [4.69, 9.17) is 9.47 Å². The number of rotatable bonds is 5. The Labute approximate surface area is 157 Å². The van der Waals surface area contributed by atoms with Crippen molar-refractivity contribution < 1.29 is 14.3 Å². The predicted molar refractivity (Wildman–Crippen MR) is 104 cm³/mol. The Kier molecular flexibility index (Phi) is 4.61. The summed E-state index contributed by atoms with van der Waals surface area (Å²) in [5.41, 5.74) is 3.32. The van der Waals surface area contributed by atoms with Gasteiger partial charge in [0, 0.05) is 29.2 Å². The van der Waals surface area contributed by atoms with Gasteiger partial charge in [-0.3, -0.25) is 4.79 Å². The van der Waals surface area contributed by atoms with Crippen molar-refractivity contribution in [2.24, 2.45) is 0 Å². The number of nitrogens with one attached hydrogen (secondary N) is 2. The zero-order valence-corrected chi connectivity index (χ0v) is 14.9. The Bertz CT molecular complexity index is 971. The van der Waals surface area contributed by atoms with Crippen molar-refractivity contribution in [1.82, 2.24) is 4.98 Å². The largest absolute Gasteiger partial charge is 0.454 e.